The van der Waals surface area contributed by atoms with Crippen molar-refractivity contribution in [3.63, 3.8) is 0 Å². The smallest absolute Gasteiger partial charge is 0.270 e. The summed E-state index contributed by atoms with van der Waals surface area (Å²) in [5.74, 6) is -0.270. The Kier molecular flexibility index (Phi) is 4.15. The average Bonchev–Trinajstić information content (AvgIpc) is 2.55. The maximum absolute atomic E-state index is 12.0. The highest BCUT2D eigenvalue weighted by Gasteiger charge is 2.23. The lowest BCUT2D eigenvalue weighted by Crippen LogP contribution is -2.42. The summed E-state index contributed by atoms with van der Waals surface area (Å²) in [4.78, 5) is 16.0. The van der Waals surface area contributed by atoms with Crippen LogP contribution in [0.4, 0.5) is 5.69 Å². The molecule has 0 saturated heterocycles. The van der Waals surface area contributed by atoms with Gasteiger partial charge in [0.25, 0.3) is 5.91 Å². The molecular formula is C13H19N3O2. The Hall–Kier alpha value is -1.62. The van der Waals surface area contributed by atoms with E-state index in [4.69, 9.17) is 5.73 Å². The molecule has 2 atom stereocenters. The van der Waals surface area contributed by atoms with Gasteiger partial charge in [0.15, 0.2) is 0 Å². The summed E-state index contributed by atoms with van der Waals surface area (Å²) in [6.07, 6.45) is 5.77. The number of hydrogen-bond donors (Lipinski definition) is 3. The van der Waals surface area contributed by atoms with Crippen molar-refractivity contribution < 1.29 is 9.90 Å². The summed E-state index contributed by atoms with van der Waals surface area (Å²) in [5, 5.41) is 12.8. The van der Waals surface area contributed by atoms with Crippen LogP contribution in [0, 0.1) is 0 Å². The summed E-state index contributed by atoms with van der Waals surface area (Å²) < 4.78 is 0. The van der Waals surface area contributed by atoms with Gasteiger partial charge < -0.3 is 16.2 Å². The van der Waals surface area contributed by atoms with Crippen LogP contribution in [0.1, 0.15) is 42.6 Å². The first-order valence-corrected chi connectivity index (χ1v) is 6.37. The lowest BCUT2D eigenvalue weighted by Gasteiger charge is -2.21. The number of hydrogen-bond acceptors (Lipinski definition) is 4. The van der Waals surface area contributed by atoms with E-state index in [0.29, 0.717) is 11.4 Å². The minimum Gasteiger partial charge on any atom is -0.399 e. The number of nitrogens with two attached hydrogens (primary N) is 1. The number of carbonyl (C=O) groups is 1. The zero-order valence-electron chi connectivity index (χ0n) is 10.3. The van der Waals surface area contributed by atoms with E-state index in [9.17, 15) is 9.90 Å². The Labute approximate surface area is 106 Å². The summed E-state index contributed by atoms with van der Waals surface area (Å²) in [7, 11) is 0. The van der Waals surface area contributed by atoms with Gasteiger partial charge in [0, 0.05) is 11.9 Å². The van der Waals surface area contributed by atoms with Crippen LogP contribution >= 0.6 is 0 Å². The first-order valence-electron chi connectivity index (χ1n) is 6.37. The Morgan fingerprint density at radius 1 is 1.39 bits per heavy atom. The number of nitrogen functional groups attached to an aromatic ring is 1. The predicted octanol–water partition coefficient (Wildman–Crippen LogP) is 1.09. The number of aliphatic hydroxyl groups excluding tert-OH is 1. The lowest BCUT2D eigenvalue weighted by atomic mass is 10.1. The zero-order valence-corrected chi connectivity index (χ0v) is 10.3. The molecule has 98 valence electrons. The molecule has 5 nitrogen and oxygen atoms in total. The van der Waals surface area contributed by atoms with Gasteiger partial charge in [0.1, 0.15) is 5.69 Å². The van der Waals surface area contributed by atoms with E-state index in [2.05, 4.69) is 10.3 Å². The molecule has 18 heavy (non-hydrogen) atoms. The molecule has 1 fully saturated rings. The fraction of sp³-hybridized carbons (Fsp3) is 0.538. The van der Waals surface area contributed by atoms with Gasteiger partial charge in [0.05, 0.1) is 12.1 Å². The third-order valence-electron chi connectivity index (χ3n) is 3.31. The number of rotatable bonds is 2. The molecule has 0 radical (unpaired) electrons. The van der Waals surface area contributed by atoms with Gasteiger partial charge in [-0.1, -0.05) is 19.3 Å². The largest absolute Gasteiger partial charge is 0.399 e. The molecule has 0 spiro atoms. The second-order valence-electron chi connectivity index (χ2n) is 4.76. The number of nitrogens with zero attached hydrogens (tertiary/aromatic N) is 1. The van der Waals surface area contributed by atoms with Crippen LogP contribution in [0.25, 0.3) is 0 Å². The van der Waals surface area contributed by atoms with Crippen LogP contribution in [-0.4, -0.2) is 28.1 Å². The van der Waals surface area contributed by atoms with Gasteiger partial charge in [-0.05, 0) is 25.0 Å². The topological polar surface area (TPSA) is 88.2 Å². The van der Waals surface area contributed by atoms with Crippen molar-refractivity contribution in [2.45, 2.75) is 44.2 Å². The van der Waals surface area contributed by atoms with E-state index in [1.165, 1.54) is 6.20 Å². The van der Waals surface area contributed by atoms with Gasteiger partial charge in [-0.25, -0.2) is 0 Å². The van der Waals surface area contributed by atoms with Gasteiger partial charge in [0.2, 0.25) is 0 Å². The molecule has 2 rings (SSSR count). The van der Waals surface area contributed by atoms with E-state index < -0.39 is 6.10 Å². The second-order valence-corrected chi connectivity index (χ2v) is 4.76. The first kappa shape index (κ1) is 12.8. The summed E-state index contributed by atoms with van der Waals surface area (Å²) >= 11 is 0. The van der Waals surface area contributed by atoms with Crippen LogP contribution in [0.15, 0.2) is 18.3 Å². The predicted molar refractivity (Wildman–Crippen MR) is 69.0 cm³/mol. The molecular weight excluding hydrogens is 230 g/mol. The lowest BCUT2D eigenvalue weighted by molar-refractivity contribution is 0.0814. The molecule has 1 aliphatic carbocycles. The van der Waals surface area contributed by atoms with Gasteiger partial charge >= 0.3 is 0 Å². The molecule has 1 amide bonds. The van der Waals surface area contributed by atoms with Crippen LogP contribution in [-0.2, 0) is 0 Å². The van der Waals surface area contributed by atoms with Crippen molar-refractivity contribution in [2.75, 3.05) is 5.73 Å². The van der Waals surface area contributed by atoms with Crippen LogP contribution in [0.2, 0.25) is 0 Å². The van der Waals surface area contributed by atoms with Crippen molar-refractivity contribution in [3.8, 4) is 0 Å². The molecule has 1 aliphatic rings. The molecule has 4 N–H and O–H groups in total. The fourth-order valence-corrected chi connectivity index (χ4v) is 2.27. The molecule has 1 heterocycles. The summed E-state index contributed by atoms with van der Waals surface area (Å²) in [6, 6.07) is 3.00. The van der Waals surface area contributed by atoms with E-state index in [1.54, 1.807) is 12.1 Å². The Morgan fingerprint density at radius 2 is 2.17 bits per heavy atom. The molecule has 1 saturated carbocycles. The number of aromatic nitrogens is 1. The molecule has 0 aliphatic heterocycles. The molecule has 0 aromatic carbocycles. The van der Waals surface area contributed by atoms with Gasteiger partial charge in [-0.2, -0.15) is 0 Å². The van der Waals surface area contributed by atoms with Gasteiger partial charge in [-0.3, -0.25) is 9.78 Å². The molecule has 1 aromatic rings. The first-order chi connectivity index (χ1) is 8.66. The fourth-order valence-electron chi connectivity index (χ4n) is 2.27. The maximum atomic E-state index is 12.0. The van der Waals surface area contributed by atoms with Crippen molar-refractivity contribution in [3.05, 3.63) is 24.0 Å². The quantitative estimate of drug-likeness (QED) is 0.684. The number of nitrogens with one attached hydrogen (secondary N) is 1. The maximum Gasteiger partial charge on any atom is 0.270 e. The molecule has 5 heteroatoms. The Balaban J connectivity index is 2.01. The van der Waals surface area contributed by atoms with E-state index in [0.717, 1.165) is 32.1 Å². The Bertz CT molecular complexity index is 422. The van der Waals surface area contributed by atoms with Gasteiger partial charge in [-0.15, -0.1) is 0 Å². The van der Waals surface area contributed by atoms with Crippen LogP contribution in [0.5, 0.6) is 0 Å². The SMILES string of the molecule is Nc1ccnc(C(=O)NC2CCCCCC2O)c1. The molecule has 1 aromatic heterocycles. The normalized spacial score (nSPS) is 24.3. The number of amides is 1. The highest BCUT2D eigenvalue weighted by Crippen LogP contribution is 2.18. The van der Waals surface area contributed by atoms with Crippen molar-refractivity contribution in [2.24, 2.45) is 0 Å². The third-order valence-corrected chi connectivity index (χ3v) is 3.31. The molecule has 2 unspecified atom stereocenters. The average molecular weight is 249 g/mol. The van der Waals surface area contributed by atoms with Crippen LogP contribution in [0.3, 0.4) is 0 Å². The summed E-state index contributed by atoms with van der Waals surface area (Å²) in [5.41, 5.74) is 6.42. The monoisotopic (exact) mass is 249 g/mol. The third kappa shape index (κ3) is 3.20. The molecule has 0 bridgehead atoms. The van der Waals surface area contributed by atoms with Crippen LogP contribution < -0.4 is 11.1 Å². The van der Waals surface area contributed by atoms with Crippen molar-refractivity contribution in [1.29, 1.82) is 0 Å². The number of pyridine rings is 1. The van der Waals surface area contributed by atoms with E-state index in [1.807, 2.05) is 0 Å². The van der Waals surface area contributed by atoms with E-state index in [-0.39, 0.29) is 11.9 Å². The standard InChI is InChI=1S/C13H19N3O2/c14-9-6-7-15-11(8-9)13(18)16-10-4-2-1-3-5-12(10)17/h6-8,10,12,17H,1-5H2,(H2,14,15)(H,16,18). The summed E-state index contributed by atoms with van der Waals surface area (Å²) in [6.45, 7) is 0. The number of carbonyl (C=O) groups excluding carboxylic acids is 1. The number of aliphatic hydroxyl groups is 1. The second kappa shape index (κ2) is 5.82. The Morgan fingerprint density at radius 3 is 2.94 bits per heavy atom. The van der Waals surface area contributed by atoms with E-state index >= 15 is 0 Å². The highest BCUT2D eigenvalue weighted by atomic mass is 16.3. The number of anilines is 1. The van der Waals surface area contributed by atoms with Crippen molar-refractivity contribution in [1.82, 2.24) is 10.3 Å². The minimum absolute atomic E-state index is 0.178. The van der Waals surface area contributed by atoms with Crippen molar-refractivity contribution >= 4 is 11.6 Å². The zero-order chi connectivity index (χ0) is 13.0. The highest BCUT2D eigenvalue weighted by molar-refractivity contribution is 5.93. The minimum atomic E-state index is -0.461.